The number of anilines is 1. The highest BCUT2D eigenvalue weighted by atomic mass is 32.2. The van der Waals surface area contributed by atoms with Crippen molar-refractivity contribution in [3.8, 4) is 5.75 Å². The molecule has 0 aromatic heterocycles. The van der Waals surface area contributed by atoms with Crippen LogP contribution < -0.4 is 10.5 Å². The van der Waals surface area contributed by atoms with Crippen LogP contribution in [0.2, 0.25) is 0 Å². The van der Waals surface area contributed by atoms with Gasteiger partial charge < -0.3 is 10.5 Å². The molecule has 0 aliphatic heterocycles. The van der Waals surface area contributed by atoms with Crippen LogP contribution in [0.5, 0.6) is 5.75 Å². The van der Waals surface area contributed by atoms with Gasteiger partial charge in [-0.05, 0) is 12.1 Å². The van der Waals surface area contributed by atoms with Gasteiger partial charge in [0.05, 0.1) is 5.75 Å². The molecule has 0 unspecified atom stereocenters. The molecule has 120 valence electrons. The Labute approximate surface area is 121 Å². The molecule has 0 atom stereocenters. The maximum absolute atomic E-state index is 12.3. The van der Waals surface area contributed by atoms with Crippen molar-refractivity contribution in [3.63, 3.8) is 0 Å². The first-order valence-electron chi connectivity index (χ1n) is 6.17. The van der Waals surface area contributed by atoms with E-state index in [4.69, 9.17) is 10.5 Å². The molecule has 0 spiro atoms. The van der Waals surface area contributed by atoms with Crippen molar-refractivity contribution in [3.05, 3.63) is 24.3 Å². The van der Waals surface area contributed by atoms with Crippen LogP contribution in [0.3, 0.4) is 0 Å². The van der Waals surface area contributed by atoms with Crippen molar-refractivity contribution in [1.82, 2.24) is 4.31 Å². The van der Waals surface area contributed by atoms with Crippen LogP contribution >= 0.6 is 0 Å². The minimum atomic E-state index is -4.57. The third kappa shape index (κ3) is 6.21. The zero-order valence-corrected chi connectivity index (χ0v) is 12.2. The van der Waals surface area contributed by atoms with Gasteiger partial charge in [-0.1, -0.05) is 13.0 Å². The fraction of sp³-hybridized carbons (Fsp3) is 0.500. The Bertz CT molecular complexity index is 561. The monoisotopic (exact) mass is 326 g/mol. The van der Waals surface area contributed by atoms with Crippen molar-refractivity contribution in [2.75, 3.05) is 31.2 Å². The van der Waals surface area contributed by atoms with Gasteiger partial charge in [-0.25, -0.2) is 8.42 Å². The first-order chi connectivity index (χ1) is 9.64. The van der Waals surface area contributed by atoms with E-state index in [-0.39, 0.29) is 13.2 Å². The standard InChI is InChI=1S/C12H17F3N2O3S/c1-2-17(9-12(13,14)15)21(18,19)7-6-20-11-5-3-4-10(16)8-11/h3-5,8H,2,6-7,9,16H2,1H3. The Balaban J connectivity index is 2.59. The summed E-state index contributed by atoms with van der Waals surface area (Å²) in [4.78, 5) is 0. The van der Waals surface area contributed by atoms with Gasteiger partial charge in [0.15, 0.2) is 0 Å². The molecule has 0 saturated heterocycles. The van der Waals surface area contributed by atoms with E-state index < -0.39 is 28.5 Å². The summed E-state index contributed by atoms with van der Waals surface area (Å²) in [6.45, 7) is -0.646. The molecule has 21 heavy (non-hydrogen) atoms. The fourth-order valence-corrected chi connectivity index (χ4v) is 2.89. The van der Waals surface area contributed by atoms with Crippen LogP contribution in [0.15, 0.2) is 24.3 Å². The van der Waals surface area contributed by atoms with Crippen molar-refractivity contribution in [2.24, 2.45) is 0 Å². The number of hydrogen-bond donors (Lipinski definition) is 1. The van der Waals surface area contributed by atoms with Crippen molar-refractivity contribution in [2.45, 2.75) is 13.1 Å². The lowest BCUT2D eigenvalue weighted by Gasteiger charge is -2.21. The molecule has 0 bridgehead atoms. The number of nitrogen functional groups attached to an aromatic ring is 1. The maximum atomic E-state index is 12.3. The number of hydrogen-bond acceptors (Lipinski definition) is 4. The number of halogens is 3. The van der Waals surface area contributed by atoms with Crippen molar-refractivity contribution < 1.29 is 26.3 Å². The van der Waals surface area contributed by atoms with E-state index in [9.17, 15) is 21.6 Å². The third-order valence-corrected chi connectivity index (χ3v) is 4.43. The van der Waals surface area contributed by atoms with Crippen LogP contribution in [0.25, 0.3) is 0 Å². The second-order valence-electron chi connectivity index (χ2n) is 4.28. The maximum Gasteiger partial charge on any atom is 0.402 e. The lowest BCUT2D eigenvalue weighted by molar-refractivity contribution is -0.135. The Kier molecular flexibility index (Phi) is 5.85. The largest absolute Gasteiger partial charge is 0.492 e. The third-order valence-electron chi connectivity index (χ3n) is 2.57. The number of sulfonamides is 1. The summed E-state index contributed by atoms with van der Waals surface area (Å²) in [5, 5.41) is 0. The van der Waals surface area contributed by atoms with Crippen LogP contribution in [0.4, 0.5) is 18.9 Å². The predicted octanol–water partition coefficient (Wildman–Crippen LogP) is 1.86. The zero-order valence-electron chi connectivity index (χ0n) is 11.4. The average Bonchev–Trinajstić information content (AvgIpc) is 2.34. The Morgan fingerprint density at radius 2 is 2.00 bits per heavy atom. The molecular weight excluding hydrogens is 309 g/mol. The fourth-order valence-electron chi connectivity index (χ4n) is 1.61. The summed E-state index contributed by atoms with van der Waals surface area (Å²) in [5.74, 6) is -0.171. The predicted molar refractivity (Wildman–Crippen MR) is 73.4 cm³/mol. The van der Waals surface area contributed by atoms with Crippen LogP contribution in [-0.2, 0) is 10.0 Å². The van der Waals surface area contributed by atoms with Gasteiger partial charge >= 0.3 is 6.18 Å². The average molecular weight is 326 g/mol. The molecule has 0 aliphatic rings. The molecule has 0 fully saturated rings. The molecule has 0 radical (unpaired) electrons. The quantitative estimate of drug-likeness (QED) is 0.776. The lowest BCUT2D eigenvalue weighted by atomic mass is 10.3. The number of nitrogens with two attached hydrogens (primary N) is 1. The molecule has 0 amide bonds. The molecule has 9 heteroatoms. The number of nitrogens with zero attached hydrogens (tertiary/aromatic N) is 1. The summed E-state index contributed by atoms with van der Waals surface area (Å²) < 4.78 is 66.1. The summed E-state index contributed by atoms with van der Waals surface area (Å²) in [6.07, 6.45) is -4.57. The Morgan fingerprint density at radius 3 is 2.52 bits per heavy atom. The molecular formula is C12H17F3N2O3S. The summed E-state index contributed by atoms with van der Waals surface area (Å²) >= 11 is 0. The SMILES string of the molecule is CCN(CC(F)(F)F)S(=O)(=O)CCOc1cccc(N)c1. The van der Waals surface area contributed by atoms with Gasteiger partial charge in [-0.3, -0.25) is 0 Å². The van der Waals surface area contributed by atoms with E-state index in [1.807, 2.05) is 0 Å². The van der Waals surface area contributed by atoms with Gasteiger partial charge in [-0.2, -0.15) is 17.5 Å². The van der Waals surface area contributed by atoms with Gasteiger partial charge in [0.25, 0.3) is 0 Å². The van der Waals surface area contributed by atoms with E-state index >= 15 is 0 Å². The number of rotatable bonds is 7. The van der Waals surface area contributed by atoms with Gasteiger partial charge in [0.1, 0.15) is 18.9 Å². The van der Waals surface area contributed by atoms with Gasteiger partial charge in [0.2, 0.25) is 10.0 Å². The van der Waals surface area contributed by atoms with Gasteiger partial charge in [-0.15, -0.1) is 0 Å². The molecule has 0 saturated carbocycles. The van der Waals surface area contributed by atoms with Crippen LogP contribution in [0, 0.1) is 0 Å². The molecule has 0 heterocycles. The molecule has 0 aliphatic carbocycles. The summed E-state index contributed by atoms with van der Waals surface area (Å²) in [5.41, 5.74) is 5.97. The molecule has 1 aromatic rings. The summed E-state index contributed by atoms with van der Waals surface area (Å²) in [6, 6.07) is 6.34. The van der Waals surface area contributed by atoms with Crippen LogP contribution in [0.1, 0.15) is 6.92 Å². The second-order valence-corrected chi connectivity index (χ2v) is 6.37. The van der Waals surface area contributed by atoms with E-state index in [1.165, 1.54) is 13.0 Å². The lowest BCUT2D eigenvalue weighted by Crippen LogP contribution is -2.40. The zero-order chi connectivity index (χ0) is 16.1. The van der Waals surface area contributed by atoms with E-state index in [1.54, 1.807) is 18.2 Å². The molecule has 2 N–H and O–H groups in total. The Hall–Kier alpha value is -1.48. The minimum Gasteiger partial charge on any atom is -0.492 e. The Morgan fingerprint density at radius 1 is 1.33 bits per heavy atom. The second kappa shape index (κ2) is 6.99. The van der Waals surface area contributed by atoms with Gasteiger partial charge in [0, 0.05) is 18.3 Å². The highest BCUT2D eigenvalue weighted by molar-refractivity contribution is 7.89. The number of benzene rings is 1. The summed E-state index contributed by atoms with van der Waals surface area (Å²) in [7, 11) is -4.03. The first kappa shape index (κ1) is 17.6. The smallest absolute Gasteiger partial charge is 0.402 e. The minimum absolute atomic E-state index is 0.250. The first-order valence-corrected chi connectivity index (χ1v) is 7.78. The normalized spacial score (nSPS) is 12.6. The topological polar surface area (TPSA) is 72.6 Å². The molecule has 1 rings (SSSR count). The molecule has 1 aromatic carbocycles. The van der Waals surface area contributed by atoms with E-state index in [2.05, 4.69) is 0 Å². The van der Waals surface area contributed by atoms with E-state index in [0.717, 1.165) is 0 Å². The van der Waals surface area contributed by atoms with Crippen molar-refractivity contribution >= 4 is 15.7 Å². The highest BCUT2D eigenvalue weighted by Crippen LogP contribution is 2.19. The van der Waals surface area contributed by atoms with Crippen molar-refractivity contribution in [1.29, 1.82) is 0 Å². The highest BCUT2D eigenvalue weighted by Gasteiger charge is 2.35. The number of alkyl halides is 3. The molecule has 5 nitrogen and oxygen atoms in total. The number of ether oxygens (including phenoxy) is 1. The van der Waals surface area contributed by atoms with E-state index in [0.29, 0.717) is 15.7 Å². The van der Waals surface area contributed by atoms with Crippen LogP contribution in [-0.4, -0.2) is 44.3 Å².